The van der Waals surface area contributed by atoms with Crippen molar-refractivity contribution in [2.75, 3.05) is 38.5 Å². The first-order valence-corrected chi connectivity index (χ1v) is 8.66. The van der Waals surface area contributed by atoms with Crippen LogP contribution >= 0.6 is 0 Å². The monoisotopic (exact) mass is 341 g/mol. The molecular formula is C18H23N5O2. The van der Waals surface area contributed by atoms with E-state index in [9.17, 15) is 4.79 Å². The Morgan fingerprint density at radius 3 is 2.52 bits per heavy atom. The van der Waals surface area contributed by atoms with E-state index in [1.807, 2.05) is 24.3 Å². The van der Waals surface area contributed by atoms with Gasteiger partial charge < -0.3 is 16.2 Å². The standard InChI is InChI=1S/C18H23N5O2/c19-9-14-15-10-22(11-16(14)15)7-8-25-13-3-1-12(2-4-13)23-6-5-17(20)21-18(23)24/h1-6,14-16H,7-11,19H2,(H2,20,21,24)/t14?,15-,16?/m0/s1. The van der Waals surface area contributed by atoms with Crippen molar-refractivity contribution in [3.63, 3.8) is 0 Å². The molecule has 0 radical (unpaired) electrons. The van der Waals surface area contributed by atoms with Crippen LogP contribution in [-0.2, 0) is 0 Å². The molecule has 2 aliphatic rings. The molecule has 7 nitrogen and oxygen atoms in total. The van der Waals surface area contributed by atoms with Gasteiger partial charge in [-0.2, -0.15) is 4.98 Å². The molecule has 1 aliphatic carbocycles. The van der Waals surface area contributed by atoms with Crippen LogP contribution in [0.4, 0.5) is 5.82 Å². The van der Waals surface area contributed by atoms with Crippen LogP contribution < -0.4 is 21.9 Å². The quantitative estimate of drug-likeness (QED) is 0.785. The van der Waals surface area contributed by atoms with Gasteiger partial charge in [-0.3, -0.25) is 9.47 Å². The Morgan fingerprint density at radius 1 is 1.16 bits per heavy atom. The number of rotatable bonds is 6. The Hall–Kier alpha value is -2.38. The topological polar surface area (TPSA) is 99.4 Å². The molecule has 2 aromatic rings. The lowest BCUT2D eigenvalue weighted by atomic mass is 10.2. The Morgan fingerprint density at radius 2 is 1.88 bits per heavy atom. The van der Waals surface area contributed by atoms with Gasteiger partial charge in [-0.05, 0) is 54.6 Å². The minimum Gasteiger partial charge on any atom is -0.492 e. The maximum Gasteiger partial charge on any atom is 0.354 e. The van der Waals surface area contributed by atoms with Crippen molar-refractivity contribution < 1.29 is 4.74 Å². The van der Waals surface area contributed by atoms with Gasteiger partial charge in [0, 0.05) is 25.8 Å². The predicted molar refractivity (Wildman–Crippen MR) is 95.7 cm³/mol. The molecule has 2 unspecified atom stereocenters. The van der Waals surface area contributed by atoms with E-state index in [2.05, 4.69) is 9.88 Å². The fourth-order valence-electron chi connectivity index (χ4n) is 3.88. The Bertz CT molecular complexity index is 792. The average Bonchev–Trinajstić information content (AvgIpc) is 3.08. The SMILES string of the molecule is NCC1C2CN(CCOc3ccc(-n4ccc(N)nc4=O)cc3)C[C@@H]12. The highest BCUT2D eigenvalue weighted by Gasteiger charge is 2.54. The first-order valence-electron chi connectivity index (χ1n) is 8.66. The maximum atomic E-state index is 11.8. The lowest BCUT2D eigenvalue weighted by molar-refractivity contribution is 0.216. The van der Waals surface area contributed by atoms with Crippen molar-refractivity contribution in [3.8, 4) is 11.4 Å². The summed E-state index contributed by atoms with van der Waals surface area (Å²) in [4.78, 5) is 18.0. The smallest absolute Gasteiger partial charge is 0.354 e. The summed E-state index contributed by atoms with van der Waals surface area (Å²) in [6.45, 7) is 4.74. The molecule has 7 heteroatoms. The van der Waals surface area contributed by atoms with Crippen LogP contribution in [0.1, 0.15) is 0 Å². The Labute approximate surface area is 146 Å². The number of likely N-dealkylation sites (tertiary alicyclic amines) is 1. The Kier molecular flexibility index (Phi) is 4.19. The van der Waals surface area contributed by atoms with Crippen LogP contribution in [0.25, 0.3) is 5.69 Å². The number of nitrogens with zero attached hydrogens (tertiary/aromatic N) is 3. The third-order valence-electron chi connectivity index (χ3n) is 5.34. The van der Waals surface area contributed by atoms with Crippen molar-refractivity contribution in [3.05, 3.63) is 47.0 Å². The van der Waals surface area contributed by atoms with E-state index in [0.717, 1.165) is 55.4 Å². The van der Waals surface area contributed by atoms with E-state index in [0.29, 0.717) is 6.61 Å². The molecule has 1 aliphatic heterocycles. The minimum atomic E-state index is -0.392. The second-order valence-corrected chi connectivity index (χ2v) is 6.83. The van der Waals surface area contributed by atoms with Crippen LogP contribution in [0.5, 0.6) is 5.75 Å². The first-order chi connectivity index (χ1) is 12.2. The van der Waals surface area contributed by atoms with E-state index >= 15 is 0 Å². The van der Waals surface area contributed by atoms with Gasteiger partial charge in [0.05, 0.1) is 5.69 Å². The lowest BCUT2D eigenvalue weighted by Crippen LogP contribution is -2.30. The molecule has 0 spiro atoms. The molecule has 1 aromatic heterocycles. The number of aromatic nitrogens is 2. The van der Waals surface area contributed by atoms with E-state index in [4.69, 9.17) is 16.2 Å². The molecule has 2 heterocycles. The highest BCUT2D eigenvalue weighted by atomic mass is 16.5. The maximum absolute atomic E-state index is 11.8. The summed E-state index contributed by atoms with van der Waals surface area (Å²) in [7, 11) is 0. The van der Waals surface area contributed by atoms with Gasteiger partial charge in [0.25, 0.3) is 0 Å². The molecule has 132 valence electrons. The number of hydrogen-bond donors (Lipinski definition) is 2. The molecule has 0 amide bonds. The first kappa shape index (κ1) is 16.1. The van der Waals surface area contributed by atoms with Crippen molar-refractivity contribution in [1.29, 1.82) is 0 Å². The highest BCUT2D eigenvalue weighted by Crippen LogP contribution is 2.50. The summed E-state index contributed by atoms with van der Waals surface area (Å²) < 4.78 is 7.27. The largest absolute Gasteiger partial charge is 0.492 e. The van der Waals surface area contributed by atoms with Crippen molar-refractivity contribution in [2.45, 2.75) is 0 Å². The zero-order valence-electron chi connectivity index (χ0n) is 14.0. The molecule has 2 fully saturated rings. The van der Waals surface area contributed by atoms with Crippen LogP contribution in [0.2, 0.25) is 0 Å². The minimum absolute atomic E-state index is 0.221. The van der Waals surface area contributed by atoms with Crippen molar-refractivity contribution >= 4 is 5.82 Å². The third-order valence-corrected chi connectivity index (χ3v) is 5.34. The zero-order valence-corrected chi connectivity index (χ0v) is 14.0. The molecule has 25 heavy (non-hydrogen) atoms. The van der Waals surface area contributed by atoms with Gasteiger partial charge in [-0.15, -0.1) is 0 Å². The molecule has 1 saturated heterocycles. The van der Waals surface area contributed by atoms with Gasteiger partial charge in [-0.1, -0.05) is 0 Å². The van der Waals surface area contributed by atoms with Gasteiger partial charge in [0.2, 0.25) is 0 Å². The van der Waals surface area contributed by atoms with Crippen LogP contribution in [0.3, 0.4) is 0 Å². The fourth-order valence-corrected chi connectivity index (χ4v) is 3.88. The number of anilines is 1. The zero-order chi connectivity index (χ0) is 17.4. The summed E-state index contributed by atoms with van der Waals surface area (Å²) >= 11 is 0. The number of hydrogen-bond acceptors (Lipinski definition) is 6. The molecule has 0 bridgehead atoms. The van der Waals surface area contributed by atoms with E-state index in [1.165, 1.54) is 4.57 Å². The van der Waals surface area contributed by atoms with Crippen molar-refractivity contribution in [1.82, 2.24) is 14.5 Å². The summed E-state index contributed by atoms with van der Waals surface area (Å²) in [5.74, 6) is 3.41. The number of ether oxygens (including phenoxy) is 1. The van der Waals surface area contributed by atoms with Crippen molar-refractivity contribution in [2.24, 2.45) is 23.5 Å². The second-order valence-electron chi connectivity index (χ2n) is 6.83. The highest BCUT2D eigenvalue weighted by molar-refractivity contribution is 5.38. The summed E-state index contributed by atoms with van der Waals surface area (Å²) in [6, 6.07) is 9.01. The molecule has 4 N–H and O–H groups in total. The van der Waals surface area contributed by atoms with Crippen LogP contribution in [0.15, 0.2) is 41.3 Å². The molecule has 4 rings (SSSR count). The number of piperidine rings is 1. The van der Waals surface area contributed by atoms with Gasteiger partial charge >= 0.3 is 5.69 Å². The van der Waals surface area contributed by atoms with E-state index in [1.54, 1.807) is 12.3 Å². The number of benzene rings is 1. The molecular weight excluding hydrogens is 318 g/mol. The van der Waals surface area contributed by atoms with Crippen LogP contribution in [0, 0.1) is 17.8 Å². The van der Waals surface area contributed by atoms with Gasteiger partial charge in [-0.25, -0.2) is 4.79 Å². The van der Waals surface area contributed by atoms with E-state index < -0.39 is 5.69 Å². The van der Waals surface area contributed by atoms with Crippen LogP contribution in [-0.4, -0.2) is 47.2 Å². The van der Waals surface area contributed by atoms with E-state index in [-0.39, 0.29) is 5.82 Å². The molecule has 1 aromatic carbocycles. The normalized spacial score (nSPS) is 24.9. The predicted octanol–water partition coefficient (Wildman–Crippen LogP) is 0.330. The number of nitrogen functional groups attached to an aromatic ring is 1. The van der Waals surface area contributed by atoms with Gasteiger partial charge in [0.15, 0.2) is 0 Å². The molecule has 3 atom stereocenters. The second kappa shape index (κ2) is 6.50. The Balaban J connectivity index is 1.29. The fraction of sp³-hybridized carbons (Fsp3) is 0.444. The number of fused-ring (bicyclic) bond motifs is 1. The molecule has 1 saturated carbocycles. The summed E-state index contributed by atoms with van der Waals surface area (Å²) in [5.41, 5.74) is 11.6. The van der Waals surface area contributed by atoms with Gasteiger partial charge in [0.1, 0.15) is 18.2 Å². The third kappa shape index (κ3) is 3.25. The number of nitrogens with two attached hydrogens (primary N) is 2. The summed E-state index contributed by atoms with van der Waals surface area (Å²) in [5, 5.41) is 0. The lowest BCUT2D eigenvalue weighted by Gasteiger charge is -2.19. The average molecular weight is 341 g/mol. The summed E-state index contributed by atoms with van der Waals surface area (Å²) in [6.07, 6.45) is 1.62.